The molecule has 1 amide bonds. The number of carbonyl (C=O) groups is 1. The van der Waals surface area contributed by atoms with E-state index in [1.54, 1.807) is 18.6 Å². The molecular weight excluding hydrogens is 482 g/mol. The number of nitrogens with two attached hydrogens (primary N) is 1. The number of hydrogen-bond acceptors (Lipinski definition) is 6. The average Bonchev–Trinajstić information content (AvgIpc) is 3.40. The van der Waals surface area contributed by atoms with Crippen molar-refractivity contribution in [2.75, 3.05) is 16.0 Å². The number of aliphatic imine (C=N–C) groups is 1. The first-order valence-corrected chi connectivity index (χ1v) is 12.5. The van der Waals surface area contributed by atoms with Crippen LogP contribution in [-0.4, -0.2) is 21.8 Å². The van der Waals surface area contributed by atoms with E-state index in [2.05, 4.69) is 37.0 Å². The van der Waals surface area contributed by atoms with Gasteiger partial charge in [-0.25, -0.2) is 4.99 Å². The van der Waals surface area contributed by atoms with Crippen LogP contribution < -0.4 is 21.7 Å². The van der Waals surface area contributed by atoms with Crippen molar-refractivity contribution in [2.45, 2.75) is 13.1 Å². The van der Waals surface area contributed by atoms with Crippen LogP contribution in [0.2, 0.25) is 0 Å². The molecule has 0 saturated heterocycles. The third-order valence-corrected chi connectivity index (χ3v) is 6.54. The smallest absolute Gasteiger partial charge is 0.267 e. The van der Waals surface area contributed by atoms with Crippen LogP contribution in [0.15, 0.2) is 102 Å². The number of anilines is 3. The van der Waals surface area contributed by atoms with Crippen LogP contribution >= 0.6 is 11.3 Å². The van der Waals surface area contributed by atoms with E-state index in [0.29, 0.717) is 23.7 Å². The molecule has 0 spiro atoms. The Morgan fingerprint density at radius 1 is 0.946 bits per heavy atom. The van der Waals surface area contributed by atoms with Gasteiger partial charge in [0, 0.05) is 41.9 Å². The van der Waals surface area contributed by atoms with Crippen molar-refractivity contribution in [3.8, 4) is 0 Å². The minimum Gasteiger partial charge on any atom is -0.380 e. The summed E-state index contributed by atoms with van der Waals surface area (Å²) in [4.78, 5) is 26.5. The lowest BCUT2D eigenvalue weighted by molar-refractivity contribution is 0.103. The quantitative estimate of drug-likeness (QED) is 0.163. The molecule has 8 nitrogen and oxygen atoms in total. The molecule has 3 aromatic heterocycles. The van der Waals surface area contributed by atoms with Crippen LogP contribution in [0, 0.1) is 0 Å². The number of amides is 1. The standard InChI is InChI=1S/C28H25N7OS/c29-28(33-17-19-5-4-12-30-16-19)35-22-7-3-6-21(15-22)34-27(36)26-25(11-14-37-26)32-18-20-10-13-31-24-9-2-1-8-23(20)24/h1-16,32H,17-18H2,(H,34,36)(H3,29,33,35). The molecule has 9 heteroatoms. The largest absolute Gasteiger partial charge is 0.380 e. The zero-order valence-corrected chi connectivity index (χ0v) is 20.7. The number of nitrogens with zero attached hydrogens (tertiary/aromatic N) is 3. The van der Waals surface area contributed by atoms with Crippen LogP contribution in [0.3, 0.4) is 0 Å². The van der Waals surface area contributed by atoms with Crippen molar-refractivity contribution in [3.05, 3.63) is 113 Å². The molecule has 184 valence electrons. The van der Waals surface area contributed by atoms with Crippen LogP contribution in [0.5, 0.6) is 0 Å². The highest BCUT2D eigenvalue weighted by Gasteiger charge is 2.14. The van der Waals surface area contributed by atoms with Gasteiger partial charge in [-0.3, -0.25) is 14.8 Å². The van der Waals surface area contributed by atoms with Gasteiger partial charge in [-0.1, -0.05) is 30.3 Å². The number of carbonyl (C=O) groups excluding carboxylic acids is 1. The summed E-state index contributed by atoms with van der Waals surface area (Å²) in [5, 5.41) is 12.4. The van der Waals surface area contributed by atoms with E-state index >= 15 is 0 Å². The van der Waals surface area contributed by atoms with Gasteiger partial charge >= 0.3 is 0 Å². The lowest BCUT2D eigenvalue weighted by Gasteiger charge is -2.11. The van der Waals surface area contributed by atoms with Gasteiger partial charge in [-0.2, -0.15) is 0 Å². The second kappa shape index (κ2) is 11.3. The maximum Gasteiger partial charge on any atom is 0.267 e. The summed E-state index contributed by atoms with van der Waals surface area (Å²) in [7, 11) is 0. The fourth-order valence-corrected chi connectivity index (χ4v) is 4.61. The number of aromatic nitrogens is 2. The molecule has 0 saturated carbocycles. The molecule has 5 N–H and O–H groups in total. The SMILES string of the molecule is NC(=NCc1cccnc1)Nc1cccc(NC(=O)c2sccc2NCc2ccnc3ccccc23)c1. The predicted octanol–water partition coefficient (Wildman–Crippen LogP) is 5.48. The Bertz CT molecular complexity index is 1540. The molecule has 0 fully saturated rings. The number of hydrogen-bond donors (Lipinski definition) is 4. The van der Waals surface area contributed by atoms with Crippen LogP contribution in [0.25, 0.3) is 10.9 Å². The zero-order chi connectivity index (χ0) is 25.5. The number of pyridine rings is 2. The fraction of sp³-hybridized carbons (Fsp3) is 0.0714. The van der Waals surface area contributed by atoms with Gasteiger partial charge in [-0.05, 0) is 59.0 Å². The molecule has 37 heavy (non-hydrogen) atoms. The molecule has 0 aliphatic carbocycles. The minimum atomic E-state index is -0.188. The summed E-state index contributed by atoms with van der Waals surface area (Å²) in [6.45, 7) is 1.00. The van der Waals surface area contributed by atoms with E-state index in [0.717, 1.165) is 33.4 Å². The van der Waals surface area contributed by atoms with Crippen molar-refractivity contribution in [2.24, 2.45) is 10.7 Å². The number of fused-ring (bicyclic) bond motifs is 1. The summed E-state index contributed by atoms with van der Waals surface area (Å²) in [6.07, 6.45) is 5.27. The van der Waals surface area contributed by atoms with Crippen LogP contribution in [-0.2, 0) is 13.1 Å². The number of para-hydroxylation sites is 1. The van der Waals surface area contributed by atoms with E-state index in [4.69, 9.17) is 5.73 Å². The first-order valence-electron chi connectivity index (χ1n) is 11.7. The predicted molar refractivity (Wildman–Crippen MR) is 151 cm³/mol. The Morgan fingerprint density at radius 3 is 2.68 bits per heavy atom. The third-order valence-electron chi connectivity index (χ3n) is 5.63. The van der Waals surface area contributed by atoms with Crippen LogP contribution in [0.1, 0.15) is 20.8 Å². The molecule has 3 heterocycles. The van der Waals surface area contributed by atoms with Gasteiger partial charge in [0.25, 0.3) is 5.91 Å². The van der Waals surface area contributed by atoms with Gasteiger partial charge in [0.05, 0.1) is 17.7 Å². The summed E-state index contributed by atoms with van der Waals surface area (Å²) in [6, 6.07) is 23.1. The number of benzene rings is 2. The highest BCUT2D eigenvalue weighted by atomic mass is 32.1. The van der Waals surface area contributed by atoms with E-state index in [1.165, 1.54) is 11.3 Å². The van der Waals surface area contributed by atoms with E-state index in [-0.39, 0.29) is 11.9 Å². The van der Waals surface area contributed by atoms with Crippen molar-refractivity contribution < 1.29 is 4.79 Å². The molecule has 0 unspecified atom stereocenters. The number of nitrogens with one attached hydrogen (secondary N) is 3. The second-order valence-corrected chi connectivity index (χ2v) is 9.14. The Balaban J connectivity index is 1.22. The molecular formula is C28H25N7OS. The Hall–Kier alpha value is -4.76. The first-order chi connectivity index (χ1) is 18.2. The highest BCUT2D eigenvalue weighted by Crippen LogP contribution is 2.26. The number of guanidine groups is 1. The van der Waals surface area contributed by atoms with Gasteiger partial charge in [0.15, 0.2) is 5.96 Å². The lowest BCUT2D eigenvalue weighted by atomic mass is 10.1. The first kappa shape index (κ1) is 24.0. The van der Waals surface area contributed by atoms with Gasteiger partial charge in [-0.15, -0.1) is 11.3 Å². The Kier molecular flexibility index (Phi) is 7.33. The molecule has 2 aromatic carbocycles. The lowest BCUT2D eigenvalue weighted by Crippen LogP contribution is -2.22. The number of rotatable bonds is 8. The van der Waals surface area contributed by atoms with Crippen molar-refractivity contribution in [1.29, 1.82) is 0 Å². The second-order valence-electron chi connectivity index (χ2n) is 8.23. The van der Waals surface area contributed by atoms with E-state index in [9.17, 15) is 4.79 Å². The fourth-order valence-electron chi connectivity index (χ4n) is 3.84. The maximum atomic E-state index is 13.1. The third kappa shape index (κ3) is 6.09. The topological polar surface area (TPSA) is 117 Å². The van der Waals surface area contributed by atoms with Crippen LogP contribution in [0.4, 0.5) is 17.1 Å². The Labute approximate surface area is 218 Å². The monoisotopic (exact) mass is 507 g/mol. The molecule has 0 aliphatic heterocycles. The molecule has 0 aliphatic rings. The minimum absolute atomic E-state index is 0.188. The van der Waals surface area contributed by atoms with E-state index in [1.807, 2.05) is 72.1 Å². The summed E-state index contributed by atoms with van der Waals surface area (Å²) < 4.78 is 0. The van der Waals surface area contributed by atoms with Gasteiger partial charge < -0.3 is 21.7 Å². The zero-order valence-electron chi connectivity index (χ0n) is 19.9. The summed E-state index contributed by atoms with van der Waals surface area (Å²) in [5.41, 5.74) is 11.2. The average molecular weight is 508 g/mol. The molecule has 0 bridgehead atoms. The van der Waals surface area contributed by atoms with Gasteiger partial charge in [0.1, 0.15) is 4.88 Å². The van der Waals surface area contributed by atoms with E-state index < -0.39 is 0 Å². The van der Waals surface area contributed by atoms with Crippen molar-refractivity contribution >= 4 is 51.2 Å². The molecule has 0 radical (unpaired) electrons. The summed E-state index contributed by atoms with van der Waals surface area (Å²) in [5.74, 6) is 0.0909. The summed E-state index contributed by atoms with van der Waals surface area (Å²) >= 11 is 1.39. The normalized spacial score (nSPS) is 11.3. The molecule has 0 atom stereocenters. The maximum absolute atomic E-state index is 13.1. The highest BCUT2D eigenvalue weighted by molar-refractivity contribution is 7.12. The molecule has 5 rings (SSSR count). The Morgan fingerprint density at radius 2 is 1.81 bits per heavy atom. The van der Waals surface area contributed by atoms with Crippen molar-refractivity contribution in [1.82, 2.24) is 9.97 Å². The van der Waals surface area contributed by atoms with Crippen molar-refractivity contribution in [3.63, 3.8) is 0 Å². The number of thiophene rings is 1. The van der Waals surface area contributed by atoms with Gasteiger partial charge in [0.2, 0.25) is 0 Å². The molecule has 5 aromatic rings.